The molecule has 10 heteroatoms. The van der Waals surface area contributed by atoms with Crippen LogP contribution < -0.4 is 4.72 Å². The lowest BCUT2D eigenvalue weighted by molar-refractivity contribution is -0.127. The van der Waals surface area contributed by atoms with Crippen molar-refractivity contribution in [1.29, 1.82) is 0 Å². The molecule has 0 aliphatic rings. The Morgan fingerprint density at radius 1 is 1.42 bits per heavy atom. The van der Waals surface area contributed by atoms with Crippen molar-refractivity contribution in [1.82, 2.24) is 19.8 Å². The van der Waals surface area contributed by atoms with Crippen molar-refractivity contribution >= 4 is 21.9 Å². The summed E-state index contributed by atoms with van der Waals surface area (Å²) in [7, 11) is -1.17. The molecule has 0 aliphatic carbocycles. The summed E-state index contributed by atoms with van der Waals surface area (Å²) in [4.78, 5) is 22.9. The van der Waals surface area contributed by atoms with Gasteiger partial charge in [-0.25, -0.2) is 17.9 Å². The van der Waals surface area contributed by atoms with Crippen LogP contribution in [0.2, 0.25) is 0 Å². The average Bonchev–Trinajstić information content (AvgIpc) is 2.68. The number of carbonyl (C=O) groups is 2. The average molecular weight is 290 g/mol. The number of carboxylic acid groups (broad SMARTS) is 1. The van der Waals surface area contributed by atoms with E-state index in [9.17, 15) is 18.0 Å². The van der Waals surface area contributed by atoms with Gasteiger partial charge in [0.25, 0.3) is 0 Å². The molecule has 0 bridgehead atoms. The summed E-state index contributed by atoms with van der Waals surface area (Å²) in [5.41, 5.74) is -0.524. The minimum Gasteiger partial charge on any atom is -0.476 e. The summed E-state index contributed by atoms with van der Waals surface area (Å²) in [5, 5.41) is 14.6. The summed E-state index contributed by atoms with van der Waals surface area (Å²) in [6.07, 6.45) is 0. The molecule has 19 heavy (non-hydrogen) atoms. The molecule has 0 atom stereocenters. The minimum atomic E-state index is -4.12. The zero-order chi connectivity index (χ0) is 14.8. The van der Waals surface area contributed by atoms with Crippen molar-refractivity contribution in [3.8, 4) is 0 Å². The molecule has 1 aromatic rings. The number of nitrogens with zero attached hydrogens (tertiary/aromatic N) is 2. The van der Waals surface area contributed by atoms with Gasteiger partial charge in [0, 0.05) is 14.1 Å². The molecule has 0 spiro atoms. The first-order chi connectivity index (χ1) is 8.66. The fraction of sp³-hybridized carbons (Fsp3) is 0.444. The zero-order valence-corrected chi connectivity index (χ0v) is 11.4. The van der Waals surface area contributed by atoms with Gasteiger partial charge in [0.2, 0.25) is 15.9 Å². The van der Waals surface area contributed by atoms with E-state index in [1.807, 2.05) is 4.72 Å². The van der Waals surface area contributed by atoms with Gasteiger partial charge in [0.1, 0.15) is 4.90 Å². The number of carbonyl (C=O) groups excluding carboxylic acids is 1. The third-order valence-corrected chi connectivity index (χ3v) is 3.84. The Bertz CT molecular complexity index is 604. The molecule has 1 heterocycles. The molecule has 0 aliphatic heterocycles. The number of hydrogen-bond donors (Lipinski definition) is 3. The van der Waals surface area contributed by atoms with Crippen molar-refractivity contribution in [3.05, 3.63) is 11.4 Å². The maximum Gasteiger partial charge on any atom is 0.357 e. The lowest BCUT2D eigenvalue weighted by Gasteiger charge is -2.11. The molecule has 0 radical (unpaired) electrons. The molecule has 3 N–H and O–H groups in total. The van der Waals surface area contributed by atoms with Gasteiger partial charge in [-0.3, -0.25) is 9.89 Å². The highest BCUT2D eigenvalue weighted by Gasteiger charge is 2.28. The number of nitrogens with one attached hydrogen (secondary N) is 2. The van der Waals surface area contributed by atoms with E-state index >= 15 is 0 Å². The third kappa shape index (κ3) is 3.29. The van der Waals surface area contributed by atoms with E-state index in [0.29, 0.717) is 0 Å². The number of amides is 1. The number of aromatic amines is 1. The first-order valence-corrected chi connectivity index (χ1v) is 6.63. The Hall–Kier alpha value is -1.94. The van der Waals surface area contributed by atoms with Gasteiger partial charge >= 0.3 is 5.97 Å². The van der Waals surface area contributed by atoms with E-state index in [1.165, 1.54) is 25.9 Å². The first-order valence-electron chi connectivity index (χ1n) is 5.15. The molecular weight excluding hydrogens is 276 g/mol. The van der Waals surface area contributed by atoms with E-state index in [-0.39, 0.29) is 5.69 Å². The Balaban J connectivity index is 3.05. The number of aryl methyl sites for hydroxylation is 1. The Labute approximate surface area is 109 Å². The van der Waals surface area contributed by atoms with Crippen LogP contribution in [0.5, 0.6) is 0 Å². The number of aromatic nitrogens is 2. The third-order valence-electron chi connectivity index (χ3n) is 2.27. The molecule has 0 fully saturated rings. The van der Waals surface area contributed by atoms with Crippen molar-refractivity contribution in [2.45, 2.75) is 11.8 Å². The van der Waals surface area contributed by atoms with Gasteiger partial charge in [0.15, 0.2) is 5.69 Å². The second kappa shape index (κ2) is 5.36. The molecule has 0 unspecified atom stereocenters. The van der Waals surface area contributed by atoms with Crippen molar-refractivity contribution in [2.75, 3.05) is 20.6 Å². The SMILES string of the molecule is Cc1[nH]nc(C(=O)O)c1S(=O)(=O)NCC(=O)N(C)C. The highest BCUT2D eigenvalue weighted by atomic mass is 32.2. The van der Waals surface area contributed by atoms with Crippen molar-refractivity contribution in [3.63, 3.8) is 0 Å². The van der Waals surface area contributed by atoms with Crippen molar-refractivity contribution in [2.24, 2.45) is 0 Å². The normalized spacial score (nSPS) is 11.3. The predicted molar refractivity (Wildman–Crippen MR) is 64.2 cm³/mol. The quantitative estimate of drug-likeness (QED) is 0.623. The van der Waals surface area contributed by atoms with Crippen LogP contribution in [0.25, 0.3) is 0 Å². The smallest absolute Gasteiger partial charge is 0.357 e. The molecule has 0 saturated heterocycles. The summed E-state index contributed by atoms with van der Waals surface area (Å²) >= 11 is 0. The van der Waals surface area contributed by atoms with Gasteiger partial charge in [0.05, 0.1) is 12.2 Å². The molecule has 106 valence electrons. The van der Waals surface area contributed by atoms with Gasteiger partial charge in [-0.05, 0) is 6.92 Å². The van der Waals surface area contributed by atoms with Crippen LogP contribution in [0.4, 0.5) is 0 Å². The number of carboxylic acids is 1. The monoisotopic (exact) mass is 290 g/mol. The van der Waals surface area contributed by atoms with Crippen LogP contribution in [0.15, 0.2) is 4.90 Å². The second-order valence-corrected chi connectivity index (χ2v) is 5.65. The maximum atomic E-state index is 12.0. The second-order valence-electron chi connectivity index (χ2n) is 3.94. The van der Waals surface area contributed by atoms with E-state index in [1.54, 1.807) is 0 Å². The lowest BCUT2D eigenvalue weighted by Crippen LogP contribution is -2.36. The number of aromatic carboxylic acids is 1. The minimum absolute atomic E-state index is 0.0854. The Kier molecular flexibility index (Phi) is 4.27. The Morgan fingerprint density at radius 3 is 2.47 bits per heavy atom. The van der Waals surface area contributed by atoms with Gasteiger partial charge in [-0.1, -0.05) is 0 Å². The van der Waals surface area contributed by atoms with Crippen LogP contribution in [0.1, 0.15) is 16.2 Å². The molecule has 0 aromatic carbocycles. The van der Waals surface area contributed by atoms with E-state index in [2.05, 4.69) is 10.2 Å². The van der Waals surface area contributed by atoms with Crippen LogP contribution in [0, 0.1) is 6.92 Å². The number of rotatable bonds is 5. The van der Waals surface area contributed by atoms with Gasteiger partial charge in [-0.2, -0.15) is 5.10 Å². The molecule has 0 saturated carbocycles. The number of hydrogen-bond acceptors (Lipinski definition) is 5. The predicted octanol–water partition coefficient (Wildman–Crippen LogP) is -1.22. The standard InChI is InChI=1S/C9H14N4O5S/c1-5-8(7(9(15)16)12-11-5)19(17,18)10-4-6(14)13(2)3/h10H,4H2,1-3H3,(H,11,12)(H,15,16). The topological polar surface area (TPSA) is 132 Å². The summed E-state index contributed by atoms with van der Waals surface area (Å²) in [5.74, 6) is -1.93. The van der Waals surface area contributed by atoms with Gasteiger partial charge < -0.3 is 10.0 Å². The highest BCUT2D eigenvalue weighted by Crippen LogP contribution is 2.17. The maximum absolute atomic E-state index is 12.0. The van der Waals surface area contributed by atoms with Crippen LogP contribution in [0.3, 0.4) is 0 Å². The summed E-state index contributed by atoms with van der Waals surface area (Å²) in [6.45, 7) is 0.917. The lowest BCUT2D eigenvalue weighted by atomic mass is 10.4. The highest BCUT2D eigenvalue weighted by molar-refractivity contribution is 7.89. The summed E-state index contributed by atoms with van der Waals surface area (Å²) < 4.78 is 26.0. The number of likely N-dealkylation sites (N-methyl/N-ethyl adjacent to an activating group) is 1. The van der Waals surface area contributed by atoms with Crippen molar-refractivity contribution < 1.29 is 23.1 Å². The molecule has 1 aromatic heterocycles. The Morgan fingerprint density at radius 2 is 2.00 bits per heavy atom. The fourth-order valence-electron chi connectivity index (χ4n) is 1.28. The summed E-state index contributed by atoms with van der Waals surface area (Å²) in [6, 6.07) is 0. The fourth-order valence-corrected chi connectivity index (χ4v) is 2.57. The molecule has 9 nitrogen and oxygen atoms in total. The van der Waals surface area contributed by atoms with Crippen LogP contribution in [-0.2, 0) is 14.8 Å². The van der Waals surface area contributed by atoms with Gasteiger partial charge in [-0.15, -0.1) is 0 Å². The van der Waals surface area contributed by atoms with Crippen LogP contribution >= 0.6 is 0 Å². The molecular formula is C9H14N4O5S. The largest absolute Gasteiger partial charge is 0.476 e. The molecule has 1 amide bonds. The van der Waals surface area contributed by atoms with E-state index in [0.717, 1.165) is 0 Å². The molecule has 1 rings (SSSR count). The zero-order valence-electron chi connectivity index (χ0n) is 10.6. The number of sulfonamides is 1. The van der Waals surface area contributed by atoms with Crippen LogP contribution in [-0.4, -0.2) is 61.1 Å². The van der Waals surface area contributed by atoms with E-state index < -0.39 is 39.0 Å². The first kappa shape index (κ1) is 15.1. The number of H-pyrrole nitrogens is 1. The van der Waals surface area contributed by atoms with E-state index in [4.69, 9.17) is 5.11 Å².